The van der Waals surface area contributed by atoms with E-state index in [1.54, 1.807) is 0 Å². The molecule has 2 fully saturated rings. The van der Waals surface area contributed by atoms with Gasteiger partial charge < -0.3 is 14.8 Å². The van der Waals surface area contributed by atoms with Crippen molar-refractivity contribution in [2.24, 2.45) is 5.41 Å². The summed E-state index contributed by atoms with van der Waals surface area (Å²) < 4.78 is 10.3. The molecule has 0 bridgehead atoms. The molecule has 0 radical (unpaired) electrons. The summed E-state index contributed by atoms with van der Waals surface area (Å²) in [5.41, 5.74) is 0.304. The van der Waals surface area contributed by atoms with Gasteiger partial charge in [-0.1, -0.05) is 0 Å². The number of esters is 1. The van der Waals surface area contributed by atoms with Gasteiger partial charge in [-0.25, -0.2) is 0 Å². The smallest absolute Gasteiger partial charge is 0.308 e. The molecule has 2 aliphatic heterocycles. The molecule has 0 amide bonds. The van der Waals surface area contributed by atoms with E-state index in [-0.39, 0.29) is 12.1 Å². The Balaban J connectivity index is 1.85. The zero-order chi connectivity index (χ0) is 10.0. The van der Waals surface area contributed by atoms with Crippen LogP contribution in [0.2, 0.25) is 0 Å². The molecule has 2 unspecified atom stereocenters. The molecule has 0 saturated carbocycles. The first-order chi connectivity index (χ1) is 6.74. The quantitative estimate of drug-likeness (QED) is 0.651. The standard InChI is InChI=1S/C10H17NO3/c1-13-9(12)4-8-5-10(7-14-8)2-3-11-6-10/h8,11H,2-7H2,1H3. The summed E-state index contributed by atoms with van der Waals surface area (Å²) in [5, 5.41) is 3.35. The van der Waals surface area contributed by atoms with E-state index < -0.39 is 0 Å². The Labute approximate surface area is 84.0 Å². The van der Waals surface area contributed by atoms with E-state index in [4.69, 9.17) is 4.74 Å². The van der Waals surface area contributed by atoms with Gasteiger partial charge in [-0.05, 0) is 19.4 Å². The second kappa shape index (κ2) is 3.87. The topological polar surface area (TPSA) is 47.6 Å². The van der Waals surface area contributed by atoms with Crippen molar-refractivity contribution in [1.29, 1.82) is 0 Å². The third kappa shape index (κ3) is 1.91. The van der Waals surface area contributed by atoms with Crippen LogP contribution in [0.3, 0.4) is 0 Å². The van der Waals surface area contributed by atoms with E-state index in [0.29, 0.717) is 11.8 Å². The second-order valence-corrected chi connectivity index (χ2v) is 4.34. The van der Waals surface area contributed by atoms with Crippen molar-refractivity contribution >= 4 is 5.97 Å². The van der Waals surface area contributed by atoms with Crippen LogP contribution in [0.15, 0.2) is 0 Å². The van der Waals surface area contributed by atoms with Gasteiger partial charge in [0.15, 0.2) is 0 Å². The predicted octanol–water partition coefficient (Wildman–Crippen LogP) is 0.318. The molecule has 0 aliphatic carbocycles. The van der Waals surface area contributed by atoms with Crippen LogP contribution in [-0.4, -0.2) is 38.9 Å². The number of ether oxygens (including phenoxy) is 2. The lowest BCUT2D eigenvalue weighted by Crippen LogP contribution is -2.24. The minimum absolute atomic E-state index is 0.0716. The monoisotopic (exact) mass is 199 g/mol. The molecule has 0 aromatic heterocycles. The van der Waals surface area contributed by atoms with Crippen molar-refractivity contribution in [2.75, 3.05) is 26.8 Å². The highest BCUT2D eigenvalue weighted by Crippen LogP contribution is 2.38. The lowest BCUT2D eigenvalue weighted by Gasteiger charge is -2.18. The number of carbonyl (C=O) groups excluding carboxylic acids is 1. The minimum Gasteiger partial charge on any atom is -0.469 e. The van der Waals surface area contributed by atoms with Crippen LogP contribution in [0.4, 0.5) is 0 Å². The number of carbonyl (C=O) groups is 1. The van der Waals surface area contributed by atoms with Gasteiger partial charge in [-0.2, -0.15) is 0 Å². The minimum atomic E-state index is -0.169. The summed E-state index contributed by atoms with van der Waals surface area (Å²) in [7, 11) is 1.42. The summed E-state index contributed by atoms with van der Waals surface area (Å²) in [4.78, 5) is 11.1. The van der Waals surface area contributed by atoms with Crippen molar-refractivity contribution < 1.29 is 14.3 Å². The van der Waals surface area contributed by atoms with Gasteiger partial charge in [-0.3, -0.25) is 4.79 Å². The average Bonchev–Trinajstić information content (AvgIpc) is 2.78. The highest BCUT2D eigenvalue weighted by Gasteiger charge is 2.42. The van der Waals surface area contributed by atoms with Crippen LogP contribution < -0.4 is 5.32 Å². The molecule has 0 aromatic rings. The molecule has 14 heavy (non-hydrogen) atoms. The third-order valence-electron chi connectivity index (χ3n) is 3.24. The van der Waals surface area contributed by atoms with Crippen molar-refractivity contribution in [3.05, 3.63) is 0 Å². The molecule has 2 aliphatic rings. The summed E-state index contributed by atoms with van der Waals surface area (Å²) in [6.45, 7) is 2.90. The van der Waals surface area contributed by atoms with Gasteiger partial charge in [0.2, 0.25) is 0 Å². The first-order valence-corrected chi connectivity index (χ1v) is 5.13. The summed E-state index contributed by atoms with van der Waals surface area (Å²) in [6, 6.07) is 0. The third-order valence-corrected chi connectivity index (χ3v) is 3.24. The number of hydrogen-bond acceptors (Lipinski definition) is 4. The molecule has 4 heteroatoms. The summed E-state index contributed by atoms with van der Waals surface area (Å²) in [6.07, 6.45) is 2.64. The average molecular weight is 199 g/mol. The summed E-state index contributed by atoms with van der Waals surface area (Å²) >= 11 is 0. The molecule has 2 saturated heterocycles. The predicted molar refractivity (Wildman–Crippen MR) is 50.9 cm³/mol. The van der Waals surface area contributed by atoms with Gasteiger partial charge in [0, 0.05) is 12.0 Å². The van der Waals surface area contributed by atoms with Crippen molar-refractivity contribution in [1.82, 2.24) is 5.32 Å². The SMILES string of the molecule is COC(=O)CC1CC2(CCNC2)CO1. The first kappa shape index (κ1) is 9.93. The molecule has 4 nitrogen and oxygen atoms in total. The Bertz CT molecular complexity index is 223. The van der Waals surface area contributed by atoms with E-state index in [1.165, 1.54) is 13.5 Å². The fourth-order valence-electron chi connectivity index (χ4n) is 2.39. The van der Waals surface area contributed by atoms with Crippen LogP contribution in [0.1, 0.15) is 19.3 Å². The Morgan fingerprint density at radius 3 is 3.21 bits per heavy atom. The van der Waals surface area contributed by atoms with E-state index in [2.05, 4.69) is 10.1 Å². The highest BCUT2D eigenvalue weighted by atomic mass is 16.5. The van der Waals surface area contributed by atoms with Crippen LogP contribution in [0, 0.1) is 5.41 Å². The fourth-order valence-corrected chi connectivity index (χ4v) is 2.39. The molecule has 0 aromatic carbocycles. The first-order valence-electron chi connectivity index (χ1n) is 5.13. The lowest BCUT2D eigenvalue weighted by molar-refractivity contribution is -0.143. The molecule has 2 rings (SSSR count). The lowest BCUT2D eigenvalue weighted by atomic mass is 9.84. The van der Waals surface area contributed by atoms with Gasteiger partial charge in [-0.15, -0.1) is 0 Å². The molecule has 1 N–H and O–H groups in total. The fraction of sp³-hybridized carbons (Fsp3) is 0.900. The normalized spacial score (nSPS) is 36.5. The van der Waals surface area contributed by atoms with Gasteiger partial charge >= 0.3 is 5.97 Å². The van der Waals surface area contributed by atoms with Gasteiger partial charge in [0.1, 0.15) is 0 Å². The van der Waals surface area contributed by atoms with Crippen molar-refractivity contribution in [2.45, 2.75) is 25.4 Å². The van der Waals surface area contributed by atoms with Gasteiger partial charge in [0.05, 0.1) is 26.2 Å². The molecule has 1 spiro atoms. The maximum absolute atomic E-state index is 11.1. The zero-order valence-corrected chi connectivity index (χ0v) is 8.54. The number of hydrogen-bond donors (Lipinski definition) is 1. The molecular weight excluding hydrogens is 182 g/mol. The van der Waals surface area contributed by atoms with E-state index in [9.17, 15) is 4.79 Å². The van der Waals surface area contributed by atoms with Crippen LogP contribution in [-0.2, 0) is 14.3 Å². The maximum Gasteiger partial charge on any atom is 0.308 e. The van der Waals surface area contributed by atoms with E-state index in [0.717, 1.165) is 26.1 Å². The van der Waals surface area contributed by atoms with E-state index >= 15 is 0 Å². The summed E-state index contributed by atoms with van der Waals surface area (Å²) in [5.74, 6) is -0.169. The number of nitrogens with one attached hydrogen (secondary N) is 1. The van der Waals surface area contributed by atoms with E-state index in [1.807, 2.05) is 0 Å². The van der Waals surface area contributed by atoms with Crippen LogP contribution >= 0.6 is 0 Å². The second-order valence-electron chi connectivity index (χ2n) is 4.34. The van der Waals surface area contributed by atoms with Crippen molar-refractivity contribution in [3.8, 4) is 0 Å². The number of methoxy groups -OCH3 is 1. The Kier molecular flexibility index (Phi) is 2.74. The zero-order valence-electron chi connectivity index (χ0n) is 8.54. The Hall–Kier alpha value is -0.610. The molecule has 2 atom stereocenters. The van der Waals surface area contributed by atoms with Crippen LogP contribution in [0.5, 0.6) is 0 Å². The molecule has 80 valence electrons. The van der Waals surface area contributed by atoms with Crippen molar-refractivity contribution in [3.63, 3.8) is 0 Å². The highest BCUT2D eigenvalue weighted by molar-refractivity contribution is 5.69. The molecular formula is C10H17NO3. The largest absolute Gasteiger partial charge is 0.469 e. The Morgan fingerprint density at radius 2 is 2.57 bits per heavy atom. The molecule has 2 heterocycles. The Morgan fingerprint density at radius 1 is 1.71 bits per heavy atom. The number of rotatable bonds is 2. The maximum atomic E-state index is 11.1. The van der Waals surface area contributed by atoms with Gasteiger partial charge in [0.25, 0.3) is 0 Å². The van der Waals surface area contributed by atoms with Crippen LogP contribution in [0.25, 0.3) is 0 Å².